The van der Waals surface area contributed by atoms with Crippen molar-refractivity contribution in [1.82, 2.24) is 9.88 Å². The number of rotatable bonds is 7. The molecule has 2 heterocycles. The molecule has 2 aromatic carbocycles. The van der Waals surface area contributed by atoms with Crippen molar-refractivity contribution < 1.29 is 24.4 Å². The van der Waals surface area contributed by atoms with Crippen LogP contribution < -0.4 is 14.2 Å². The molecule has 5 atom stereocenters. The van der Waals surface area contributed by atoms with Crippen LogP contribution in [0.15, 0.2) is 65.6 Å². The van der Waals surface area contributed by atoms with Crippen molar-refractivity contribution in [3.63, 3.8) is 0 Å². The van der Waals surface area contributed by atoms with Crippen molar-refractivity contribution in [1.29, 1.82) is 5.26 Å². The van der Waals surface area contributed by atoms with Gasteiger partial charge >= 0.3 is 0 Å². The quantitative estimate of drug-likeness (QED) is 0.358. The zero-order valence-corrected chi connectivity index (χ0v) is 21.9. The molecule has 1 aromatic heterocycles. The van der Waals surface area contributed by atoms with Crippen LogP contribution in [0, 0.1) is 16.6 Å². The zero-order valence-electron chi connectivity index (χ0n) is 21.1. The summed E-state index contributed by atoms with van der Waals surface area (Å²) in [5.74, 6) is -0.119. The topological polar surface area (TPSA) is 108 Å². The summed E-state index contributed by atoms with van der Waals surface area (Å²) in [6.45, 7) is 0.498. The summed E-state index contributed by atoms with van der Waals surface area (Å²) in [4.78, 5) is 7.19. The number of methoxy groups -OCH3 is 2. The molecule has 5 rings (SSSR count). The van der Waals surface area contributed by atoms with Gasteiger partial charge in [-0.25, -0.2) is 0 Å². The first-order valence-corrected chi connectivity index (χ1v) is 12.7. The summed E-state index contributed by atoms with van der Waals surface area (Å²) in [5, 5.41) is 36.1. The highest BCUT2D eigenvalue weighted by Crippen LogP contribution is 2.69. The third kappa shape index (κ3) is 3.67. The lowest BCUT2D eigenvalue weighted by Gasteiger charge is -2.41. The lowest BCUT2D eigenvalue weighted by molar-refractivity contribution is -0.152. The van der Waals surface area contributed by atoms with Gasteiger partial charge < -0.3 is 29.3 Å². The molecule has 37 heavy (non-hydrogen) atoms. The predicted molar refractivity (Wildman–Crippen MR) is 139 cm³/mol. The Morgan fingerprint density at radius 3 is 2.41 bits per heavy atom. The molecular formula is C28H29N3O5S. The molecule has 9 heteroatoms. The van der Waals surface area contributed by atoms with Crippen molar-refractivity contribution in [2.45, 2.75) is 28.1 Å². The fraction of sp³-hybridized carbons (Fsp3) is 0.357. The summed E-state index contributed by atoms with van der Waals surface area (Å²) in [7, 11) is 6.84. The lowest BCUT2D eigenvalue weighted by Crippen LogP contribution is -2.52. The van der Waals surface area contributed by atoms with Gasteiger partial charge in [0.25, 0.3) is 0 Å². The van der Waals surface area contributed by atoms with Gasteiger partial charge in [-0.1, -0.05) is 42.5 Å². The highest BCUT2D eigenvalue weighted by atomic mass is 32.2. The number of pyridine rings is 1. The standard InChI is InChI=1S/C28H29N3O5S/c1-31(2)15-20-23(17-8-6-5-7-9-17)28(18-10-12-19(13-11-18)37-16-29)27(33,25(20)32)24-21(36-28)14-22(34-3)30-26(24)35-4/h5-14,20,23,25,32-33H,15H2,1-4H3/t20-,23-,25-,27+,28+/m1/s1. The van der Waals surface area contributed by atoms with Gasteiger partial charge in [0.15, 0.2) is 11.2 Å². The number of hydrogen-bond acceptors (Lipinski definition) is 9. The number of thioether (sulfide) groups is 1. The number of aliphatic hydroxyl groups is 2. The van der Waals surface area contributed by atoms with Crippen LogP contribution in [0.4, 0.5) is 0 Å². The van der Waals surface area contributed by atoms with Crippen LogP contribution >= 0.6 is 11.8 Å². The second-order valence-electron chi connectivity index (χ2n) is 9.63. The van der Waals surface area contributed by atoms with E-state index < -0.39 is 29.1 Å². The van der Waals surface area contributed by atoms with E-state index in [-0.39, 0.29) is 11.8 Å². The monoisotopic (exact) mass is 519 g/mol. The van der Waals surface area contributed by atoms with Gasteiger partial charge in [0.05, 0.1) is 25.9 Å². The first kappa shape index (κ1) is 25.4. The van der Waals surface area contributed by atoms with E-state index in [0.717, 1.165) is 22.2 Å². The minimum atomic E-state index is -1.90. The van der Waals surface area contributed by atoms with Crippen LogP contribution in [0.2, 0.25) is 0 Å². The number of aromatic nitrogens is 1. The van der Waals surface area contributed by atoms with Gasteiger partial charge in [-0.3, -0.25) is 0 Å². The first-order valence-electron chi connectivity index (χ1n) is 11.9. The maximum Gasteiger partial charge on any atom is 0.226 e. The molecule has 0 saturated heterocycles. The van der Waals surface area contributed by atoms with E-state index >= 15 is 0 Å². The van der Waals surface area contributed by atoms with E-state index in [9.17, 15) is 10.2 Å². The molecule has 8 nitrogen and oxygen atoms in total. The van der Waals surface area contributed by atoms with Crippen LogP contribution in [0.3, 0.4) is 0 Å². The maximum atomic E-state index is 12.8. The van der Waals surface area contributed by atoms with Crippen LogP contribution in [-0.2, 0) is 11.2 Å². The Hall–Kier alpha value is -3.29. The Morgan fingerprint density at radius 2 is 1.81 bits per heavy atom. The second-order valence-corrected chi connectivity index (χ2v) is 10.5. The van der Waals surface area contributed by atoms with Gasteiger partial charge in [0.2, 0.25) is 11.8 Å². The summed E-state index contributed by atoms with van der Waals surface area (Å²) in [6, 6.07) is 18.8. The van der Waals surface area contributed by atoms with Crippen LogP contribution in [0.25, 0.3) is 0 Å². The molecule has 3 aromatic rings. The fourth-order valence-electron chi connectivity index (χ4n) is 6.11. The Morgan fingerprint density at radius 1 is 1.11 bits per heavy atom. The van der Waals surface area contributed by atoms with Crippen LogP contribution in [-0.4, -0.2) is 61.1 Å². The molecule has 0 radical (unpaired) electrons. The average Bonchev–Trinajstić information content (AvgIpc) is 3.27. The van der Waals surface area contributed by atoms with Crippen LogP contribution in [0.5, 0.6) is 17.5 Å². The molecule has 1 saturated carbocycles. The smallest absolute Gasteiger partial charge is 0.226 e. The van der Waals surface area contributed by atoms with Crippen molar-refractivity contribution in [2.24, 2.45) is 5.92 Å². The van der Waals surface area contributed by atoms with E-state index in [1.54, 1.807) is 6.07 Å². The fourth-order valence-corrected chi connectivity index (χ4v) is 6.49. The first-order chi connectivity index (χ1) is 17.8. The zero-order chi connectivity index (χ0) is 26.4. The molecule has 192 valence electrons. The molecule has 2 aliphatic rings. The molecule has 0 amide bonds. The van der Waals surface area contributed by atoms with Crippen LogP contribution in [0.1, 0.15) is 22.6 Å². The molecule has 0 unspecified atom stereocenters. The number of ether oxygens (including phenoxy) is 3. The van der Waals surface area contributed by atoms with Gasteiger partial charge in [-0.15, -0.1) is 0 Å². The molecule has 1 aliphatic carbocycles. The minimum Gasteiger partial charge on any atom is -0.481 e. The highest BCUT2D eigenvalue weighted by Gasteiger charge is 2.77. The van der Waals surface area contributed by atoms with Gasteiger partial charge in [-0.2, -0.15) is 10.2 Å². The van der Waals surface area contributed by atoms with Gasteiger partial charge in [0, 0.05) is 29.3 Å². The van der Waals surface area contributed by atoms with Crippen molar-refractivity contribution >= 4 is 11.8 Å². The van der Waals surface area contributed by atoms with E-state index in [0.29, 0.717) is 23.4 Å². The van der Waals surface area contributed by atoms with Crippen molar-refractivity contribution in [2.75, 3.05) is 34.9 Å². The third-order valence-electron chi connectivity index (χ3n) is 7.43. The summed E-state index contributed by atoms with van der Waals surface area (Å²) < 4.78 is 17.8. The molecule has 2 N–H and O–H groups in total. The van der Waals surface area contributed by atoms with E-state index in [1.807, 2.05) is 73.6 Å². The summed E-state index contributed by atoms with van der Waals surface area (Å²) >= 11 is 1.05. The van der Waals surface area contributed by atoms with Gasteiger partial charge in [0.1, 0.15) is 11.2 Å². The molecule has 0 spiro atoms. The second kappa shape index (κ2) is 9.54. The normalized spacial score (nSPS) is 27.8. The third-order valence-corrected chi connectivity index (χ3v) is 8.03. The SMILES string of the molecule is COc1cc2c(c(OC)n1)[C@]1(O)[C@H](O)[C@H](CN(C)C)[C@@H](c3ccccc3)[C@]1(c1ccc(SC#N)cc1)O2. The minimum absolute atomic E-state index is 0.131. The number of thiocyanates is 1. The van der Waals surface area contributed by atoms with Crippen molar-refractivity contribution in [3.05, 3.63) is 77.4 Å². The Bertz CT molecular complexity index is 1330. The number of hydrogen-bond donors (Lipinski definition) is 2. The summed E-state index contributed by atoms with van der Waals surface area (Å²) in [5.41, 5.74) is -1.44. The largest absolute Gasteiger partial charge is 0.481 e. The lowest BCUT2D eigenvalue weighted by atomic mass is 9.71. The van der Waals surface area contributed by atoms with E-state index in [2.05, 4.69) is 10.4 Å². The highest BCUT2D eigenvalue weighted by molar-refractivity contribution is 8.03. The Labute approximate surface area is 220 Å². The molecule has 1 aliphatic heterocycles. The Kier molecular flexibility index (Phi) is 6.54. The number of nitriles is 1. The number of benzene rings is 2. The Balaban J connectivity index is 1.84. The predicted octanol–water partition coefficient (Wildman–Crippen LogP) is 3.48. The average molecular weight is 520 g/mol. The number of aliphatic hydroxyl groups excluding tert-OH is 1. The van der Waals surface area contributed by atoms with E-state index in [1.165, 1.54) is 14.2 Å². The molecule has 1 fully saturated rings. The molecular weight excluding hydrogens is 490 g/mol. The maximum absolute atomic E-state index is 12.8. The molecule has 0 bridgehead atoms. The van der Waals surface area contributed by atoms with Crippen molar-refractivity contribution in [3.8, 4) is 22.9 Å². The number of nitrogens with zero attached hydrogens (tertiary/aromatic N) is 3. The number of fused-ring (bicyclic) bond motifs is 3. The van der Waals surface area contributed by atoms with Gasteiger partial charge in [-0.05, 0) is 49.1 Å². The van der Waals surface area contributed by atoms with E-state index in [4.69, 9.17) is 19.5 Å². The summed E-state index contributed by atoms with van der Waals surface area (Å²) in [6.07, 6.45) is -1.22.